The van der Waals surface area contributed by atoms with E-state index in [0.29, 0.717) is 38.9 Å². The zero-order valence-corrected chi connectivity index (χ0v) is 7.95. The summed E-state index contributed by atoms with van der Waals surface area (Å²) >= 11 is 0. The monoisotopic (exact) mass is 192 g/mol. The Morgan fingerprint density at radius 2 is 1.36 bits per heavy atom. The molecule has 1 heterocycles. The van der Waals surface area contributed by atoms with Gasteiger partial charge in [-0.1, -0.05) is 0 Å². The molecular formula is C10H12N2O2. The van der Waals surface area contributed by atoms with Gasteiger partial charge in [-0.25, -0.2) is 0 Å². The van der Waals surface area contributed by atoms with Gasteiger partial charge in [0.05, 0.1) is 25.4 Å². The van der Waals surface area contributed by atoms with Crippen molar-refractivity contribution in [1.29, 1.82) is 10.5 Å². The Morgan fingerprint density at radius 3 is 1.79 bits per heavy atom. The van der Waals surface area contributed by atoms with E-state index in [1.54, 1.807) is 0 Å². The number of ether oxygens (including phenoxy) is 2. The van der Waals surface area contributed by atoms with Gasteiger partial charge in [0, 0.05) is 12.8 Å². The van der Waals surface area contributed by atoms with Crippen molar-refractivity contribution in [3.05, 3.63) is 0 Å². The Balaban J connectivity index is 2.05. The van der Waals surface area contributed by atoms with Crippen LogP contribution in [0.25, 0.3) is 0 Å². The summed E-state index contributed by atoms with van der Waals surface area (Å²) in [5.41, 5.74) is -0.805. The predicted molar refractivity (Wildman–Crippen MR) is 46.8 cm³/mol. The van der Waals surface area contributed by atoms with Crippen LogP contribution < -0.4 is 0 Å². The first-order valence-corrected chi connectivity index (χ1v) is 4.85. The fourth-order valence-electron chi connectivity index (χ4n) is 2.09. The minimum absolute atomic E-state index is 0.475. The summed E-state index contributed by atoms with van der Waals surface area (Å²) in [6, 6.07) is 4.20. The lowest BCUT2D eigenvalue weighted by molar-refractivity contribution is -0.183. The molecule has 0 N–H and O–H groups in total. The fraction of sp³-hybridized carbons (Fsp3) is 0.800. The molecule has 2 fully saturated rings. The van der Waals surface area contributed by atoms with Crippen LogP contribution in [-0.4, -0.2) is 19.0 Å². The van der Waals surface area contributed by atoms with E-state index in [2.05, 4.69) is 12.1 Å². The average Bonchev–Trinajstić information content (AvgIpc) is 2.69. The highest BCUT2D eigenvalue weighted by Gasteiger charge is 2.46. The molecule has 1 saturated heterocycles. The minimum atomic E-state index is -0.805. The van der Waals surface area contributed by atoms with E-state index >= 15 is 0 Å². The lowest BCUT2D eigenvalue weighted by Gasteiger charge is -2.36. The van der Waals surface area contributed by atoms with Gasteiger partial charge >= 0.3 is 0 Å². The van der Waals surface area contributed by atoms with Crippen LogP contribution in [-0.2, 0) is 9.47 Å². The minimum Gasteiger partial charge on any atom is -0.348 e. The fourth-order valence-corrected chi connectivity index (χ4v) is 2.09. The first kappa shape index (κ1) is 9.45. The number of nitrogens with zero attached hydrogens (tertiary/aromatic N) is 2. The number of nitriles is 2. The number of rotatable bonds is 0. The topological polar surface area (TPSA) is 66.0 Å². The molecule has 1 saturated carbocycles. The Bertz CT molecular complexity index is 281. The molecule has 2 aliphatic rings. The van der Waals surface area contributed by atoms with E-state index in [9.17, 15) is 0 Å². The third-order valence-corrected chi connectivity index (χ3v) is 3.11. The molecular weight excluding hydrogens is 180 g/mol. The molecule has 0 atom stereocenters. The maximum atomic E-state index is 8.92. The summed E-state index contributed by atoms with van der Waals surface area (Å²) in [5, 5.41) is 17.8. The van der Waals surface area contributed by atoms with Crippen LogP contribution in [0, 0.1) is 28.1 Å². The zero-order valence-electron chi connectivity index (χ0n) is 7.95. The maximum Gasteiger partial charge on any atom is 0.168 e. The van der Waals surface area contributed by atoms with E-state index < -0.39 is 11.2 Å². The largest absolute Gasteiger partial charge is 0.348 e. The normalized spacial score (nSPS) is 28.1. The third kappa shape index (κ3) is 1.37. The second kappa shape index (κ2) is 3.24. The van der Waals surface area contributed by atoms with Crippen molar-refractivity contribution >= 4 is 0 Å². The van der Waals surface area contributed by atoms with Crippen molar-refractivity contribution in [3.8, 4) is 12.1 Å². The quantitative estimate of drug-likeness (QED) is 0.580. The van der Waals surface area contributed by atoms with Crippen LogP contribution in [0.3, 0.4) is 0 Å². The third-order valence-electron chi connectivity index (χ3n) is 3.11. The van der Waals surface area contributed by atoms with Crippen LogP contribution in [0.15, 0.2) is 0 Å². The molecule has 1 aliphatic carbocycles. The van der Waals surface area contributed by atoms with E-state index in [-0.39, 0.29) is 0 Å². The molecule has 74 valence electrons. The second-order valence-corrected chi connectivity index (χ2v) is 3.91. The molecule has 2 rings (SSSR count). The van der Waals surface area contributed by atoms with Crippen LogP contribution in [0.4, 0.5) is 0 Å². The Hall–Kier alpha value is -1.10. The van der Waals surface area contributed by atoms with E-state index in [1.807, 2.05) is 0 Å². The van der Waals surface area contributed by atoms with Gasteiger partial charge in [-0.05, 0) is 12.8 Å². The van der Waals surface area contributed by atoms with Crippen molar-refractivity contribution < 1.29 is 9.47 Å². The van der Waals surface area contributed by atoms with Gasteiger partial charge in [0.25, 0.3) is 0 Å². The lowest BCUT2D eigenvalue weighted by Crippen LogP contribution is -2.38. The van der Waals surface area contributed by atoms with Gasteiger partial charge in [-0.2, -0.15) is 10.5 Å². The second-order valence-electron chi connectivity index (χ2n) is 3.91. The van der Waals surface area contributed by atoms with Gasteiger partial charge in [-0.15, -0.1) is 0 Å². The first-order valence-electron chi connectivity index (χ1n) is 4.85. The van der Waals surface area contributed by atoms with Crippen molar-refractivity contribution in [2.45, 2.75) is 31.5 Å². The van der Waals surface area contributed by atoms with Crippen molar-refractivity contribution in [2.24, 2.45) is 5.41 Å². The summed E-state index contributed by atoms with van der Waals surface area (Å²) < 4.78 is 11.0. The smallest absolute Gasteiger partial charge is 0.168 e. The molecule has 4 heteroatoms. The Kier molecular flexibility index (Phi) is 2.19. The highest BCUT2D eigenvalue weighted by molar-refractivity contribution is 5.16. The SMILES string of the molecule is N#CC1(C#N)CCC2(CC1)OCCO2. The van der Waals surface area contributed by atoms with Crippen molar-refractivity contribution in [2.75, 3.05) is 13.2 Å². The Morgan fingerprint density at radius 1 is 0.857 bits per heavy atom. The van der Waals surface area contributed by atoms with Gasteiger partial charge in [0.1, 0.15) is 5.41 Å². The van der Waals surface area contributed by atoms with Gasteiger partial charge in [0.2, 0.25) is 0 Å². The molecule has 0 aromatic carbocycles. The summed E-state index contributed by atoms with van der Waals surface area (Å²) in [6.45, 7) is 1.26. The van der Waals surface area contributed by atoms with Crippen LogP contribution >= 0.6 is 0 Å². The predicted octanol–water partition coefficient (Wildman–Crippen LogP) is 1.34. The molecule has 0 aromatic heterocycles. The molecule has 0 unspecified atom stereocenters. The first-order chi connectivity index (χ1) is 6.74. The summed E-state index contributed by atoms with van der Waals surface area (Å²) in [4.78, 5) is 0. The van der Waals surface area contributed by atoms with Gasteiger partial charge in [0.15, 0.2) is 5.79 Å². The Labute approximate surface area is 83.0 Å². The molecule has 14 heavy (non-hydrogen) atoms. The van der Waals surface area contributed by atoms with Gasteiger partial charge in [-0.3, -0.25) is 0 Å². The van der Waals surface area contributed by atoms with Crippen LogP contribution in [0.1, 0.15) is 25.7 Å². The average molecular weight is 192 g/mol. The van der Waals surface area contributed by atoms with E-state index in [4.69, 9.17) is 20.0 Å². The molecule has 1 spiro atoms. The van der Waals surface area contributed by atoms with E-state index in [1.165, 1.54) is 0 Å². The summed E-state index contributed by atoms with van der Waals surface area (Å²) in [7, 11) is 0. The molecule has 0 bridgehead atoms. The summed E-state index contributed by atoms with van der Waals surface area (Å²) in [5.74, 6) is -0.475. The van der Waals surface area contributed by atoms with E-state index in [0.717, 1.165) is 0 Å². The number of hydrogen-bond donors (Lipinski definition) is 0. The van der Waals surface area contributed by atoms with Crippen molar-refractivity contribution in [1.82, 2.24) is 0 Å². The molecule has 0 radical (unpaired) electrons. The van der Waals surface area contributed by atoms with Crippen LogP contribution in [0.5, 0.6) is 0 Å². The van der Waals surface area contributed by atoms with Gasteiger partial charge < -0.3 is 9.47 Å². The highest BCUT2D eigenvalue weighted by atomic mass is 16.7. The zero-order chi connectivity index (χ0) is 10.1. The highest BCUT2D eigenvalue weighted by Crippen LogP contribution is 2.43. The molecule has 4 nitrogen and oxygen atoms in total. The maximum absolute atomic E-state index is 8.92. The molecule has 0 aromatic rings. The summed E-state index contributed by atoms with van der Waals surface area (Å²) in [6.07, 6.45) is 2.43. The molecule has 1 aliphatic heterocycles. The lowest BCUT2D eigenvalue weighted by atomic mass is 9.74. The number of hydrogen-bond acceptors (Lipinski definition) is 4. The standard InChI is InChI=1S/C10H12N2O2/c11-7-9(8-12)1-3-10(4-2-9)13-5-6-14-10/h1-6H2. The van der Waals surface area contributed by atoms with Crippen LogP contribution in [0.2, 0.25) is 0 Å². The molecule has 0 amide bonds. The van der Waals surface area contributed by atoms with Crippen molar-refractivity contribution in [3.63, 3.8) is 0 Å².